The molecule has 3 aromatic rings. The van der Waals surface area contributed by atoms with Crippen molar-refractivity contribution >= 4 is 17.0 Å². The molecule has 3 rings (SSSR count). The number of nitrogen functional groups attached to an aromatic ring is 1. The average Bonchev–Trinajstić information content (AvgIpc) is 2.79. The van der Waals surface area contributed by atoms with Gasteiger partial charge >= 0.3 is 11.7 Å². The Morgan fingerprint density at radius 3 is 2.82 bits per heavy atom. The molecule has 0 amide bonds. The maximum absolute atomic E-state index is 5.77. The van der Waals surface area contributed by atoms with Crippen molar-refractivity contribution in [2.75, 3.05) is 5.73 Å². The fourth-order valence-corrected chi connectivity index (χ4v) is 1.52. The molecule has 0 radical (unpaired) electrons. The smallest absolute Gasteiger partial charge is 0.402 e. The number of benzene rings is 1. The van der Waals surface area contributed by atoms with Crippen LogP contribution in [0.25, 0.3) is 11.2 Å². The van der Waals surface area contributed by atoms with Crippen LogP contribution in [-0.2, 0) is 0 Å². The van der Waals surface area contributed by atoms with Gasteiger partial charge in [0.25, 0.3) is 0 Å². The molecular weight excluding hydrogens is 218 g/mol. The van der Waals surface area contributed by atoms with Crippen molar-refractivity contribution in [2.45, 2.75) is 0 Å². The third-order valence-corrected chi connectivity index (χ3v) is 2.29. The van der Waals surface area contributed by atoms with Gasteiger partial charge in [-0.2, -0.15) is 4.98 Å². The fourth-order valence-electron chi connectivity index (χ4n) is 1.52. The monoisotopic (exact) mass is 228 g/mol. The third-order valence-electron chi connectivity index (χ3n) is 2.29. The van der Waals surface area contributed by atoms with Gasteiger partial charge in [-0.15, -0.1) is 0 Å². The number of hydrogen-bond acceptors (Lipinski definition) is 4. The minimum Gasteiger partial charge on any atom is -0.412 e. The Kier molecular flexibility index (Phi) is 2.11. The number of aromatic nitrogens is 4. The molecule has 84 valence electrons. The molecule has 0 unspecified atom stereocenters. The van der Waals surface area contributed by atoms with Gasteiger partial charge in [0.1, 0.15) is 5.75 Å². The molecule has 0 spiro atoms. The summed E-state index contributed by atoms with van der Waals surface area (Å²) in [6, 6.07) is 9.52. The first-order valence-electron chi connectivity index (χ1n) is 5.08. The molecule has 2 aromatic heterocycles. The van der Waals surface area contributed by atoms with Crippen molar-refractivity contribution in [2.24, 2.45) is 0 Å². The Morgan fingerprint density at radius 2 is 2.00 bits per heavy atom. The number of anilines is 1. The summed E-state index contributed by atoms with van der Waals surface area (Å²) in [5.41, 5.74) is 7.06. The molecule has 1 aromatic carbocycles. The van der Waals surface area contributed by atoms with Crippen molar-refractivity contribution in [3.05, 3.63) is 36.7 Å². The zero-order chi connectivity index (χ0) is 11.7. The van der Waals surface area contributed by atoms with Crippen LogP contribution in [0.5, 0.6) is 11.8 Å². The molecule has 0 fully saturated rings. The standard InChI is InChI=1S/C11H9N5O/c12-9-8-10(14-6-13-8)16-11(15-9)17-7-4-2-1-3-5-7/h1-6H,(H3,12,13,14,15,16)/p+1. The normalized spacial score (nSPS) is 10.6. The SMILES string of the molecule is Nc1nc(Oc2ccccc2)nc2[nH+]c[nH]c12. The minimum atomic E-state index is 0.219. The highest BCUT2D eigenvalue weighted by Gasteiger charge is 2.14. The van der Waals surface area contributed by atoms with E-state index in [-0.39, 0.29) is 6.01 Å². The second-order valence-electron chi connectivity index (χ2n) is 3.46. The predicted molar refractivity (Wildman–Crippen MR) is 61.4 cm³/mol. The van der Waals surface area contributed by atoms with Crippen molar-refractivity contribution < 1.29 is 9.72 Å². The van der Waals surface area contributed by atoms with Crippen LogP contribution in [0.3, 0.4) is 0 Å². The van der Waals surface area contributed by atoms with Gasteiger partial charge < -0.3 is 10.5 Å². The summed E-state index contributed by atoms with van der Waals surface area (Å²) < 4.78 is 5.50. The molecule has 0 aliphatic rings. The summed E-state index contributed by atoms with van der Waals surface area (Å²) >= 11 is 0. The Labute approximate surface area is 96.5 Å². The van der Waals surface area contributed by atoms with E-state index in [1.165, 1.54) is 0 Å². The first kappa shape index (κ1) is 9.59. The summed E-state index contributed by atoms with van der Waals surface area (Å²) in [6.45, 7) is 0. The van der Waals surface area contributed by atoms with Crippen LogP contribution in [0.1, 0.15) is 0 Å². The number of imidazole rings is 1. The molecule has 0 aliphatic carbocycles. The van der Waals surface area contributed by atoms with Crippen LogP contribution >= 0.6 is 0 Å². The van der Waals surface area contributed by atoms with E-state index in [1.807, 2.05) is 30.3 Å². The number of nitrogens with zero attached hydrogens (tertiary/aromatic N) is 2. The van der Waals surface area contributed by atoms with Crippen LogP contribution in [0.4, 0.5) is 5.82 Å². The Balaban J connectivity index is 2.01. The van der Waals surface area contributed by atoms with Crippen molar-refractivity contribution in [3.63, 3.8) is 0 Å². The number of aromatic amines is 2. The molecule has 0 saturated heterocycles. The summed E-state index contributed by atoms with van der Waals surface area (Å²) in [6.07, 6.45) is 1.64. The minimum absolute atomic E-state index is 0.219. The maximum atomic E-state index is 5.77. The van der Waals surface area contributed by atoms with Gasteiger partial charge in [-0.05, 0) is 17.1 Å². The third kappa shape index (κ3) is 1.76. The summed E-state index contributed by atoms with van der Waals surface area (Å²) in [5.74, 6) is 1.02. The van der Waals surface area contributed by atoms with E-state index >= 15 is 0 Å². The summed E-state index contributed by atoms with van der Waals surface area (Å²) in [4.78, 5) is 14.1. The Hall–Kier alpha value is -2.63. The quantitative estimate of drug-likeness (QED) is 0.688. The van der Waals surface area contributed by atoms with Crippen molar-refractivity contribution in [3.8, 4) is 11.8 Å². The number of ether oxygens (including phenoxy) is 1. The zero-order valence-corrected chi connectivity index (χ0v) is 8.84. The van der Waals surface area contributed by atoms with Gasteiger partial charge in [-0.1, -0.05) is 18.2 Å². The maximum Gasteiger partial charge on any atom is 0.402 e. The van der Waals surface area contributed by atoms with Crippen molar-refractivity contribution in [1.82, 2.24) is 15.0 Å². The lowest BCUT2D eigenvalue weighted by molar-refractivity contribution is -0.347. The number of rotatable bonds is 2. The molecule has 6 nitrogen and oxygen atoms in total. The van der Waals surface area contributed by atoms with Gasteiger partial charge in [0, 0.05) is 0 Å². The second-order valence-corrected chi connectivity index (χ2v) is 3.46. The van der Waals surface area contributed by atoms with Crippen LogP contribution in [-0.4, -0.2) is 15.0 Å². The highest BCUT2D eigenvalue weighted by Crippen LogP contribution is 2.20. The summed E-state index contributed by atoms with van der Waals surface area (Å²) in [7, 11) is 0. The number of H-pyrrole nitrogens is 2. The van der Waals surface area contributed by atoms with Gasteiger partial charge in [-0.25, -0.2) is 4.98 Å². The van der Waals surface area contributed by atoms with E-state index in [9.17, 15) is 0 Å². The molecule has 2 heterocycles. The number of para-hydroxylation sites is 1. The largest absolute Gasteiger partial charge is 0.412 e. The van der Waals surface area contributed by atoms with Crippen molar-refractivity contribution in [1.29, 1.82) is 0 Å². The number of fused-ring (bicyclic) bond motifs is 1. The molecule has 0 saturated carbocycles. The molecular formula is C11H10N5O+. The predicted octanol–water partition coefficient (Wildman–Crippen LogP) is 1.15. The summed E-state index contributed by atoms with van der Waals surface area (Å²) in [5, 5.41) is 0. The van der Waals surface area contributed by atoms with Gasteiger partial charge in [0.05, 0.1) is 0 Å². The molecule has 0 atom stereocenters. The fraction of sp³-hybridized carbons (Fsp3) is 0. The van der Waals surface area contributed by atoms with Crippen LogP contribution < -0.4 is 15.5 Å². The first-order valence-corrected chi connectivity index (χ1v) is 5.08. The van der Waals surface area contributed by atoms with Gasteiger partial charge in [-0.3, -0.25) is 4.98 Å². The molecule has 0 aliphatic heterocycles. The zero-order valence-electron chi connectivity index (χ0n) is 8.84. The van der Waals surface area contributed by atoms with Crippen LogP contribution in [0.15, 0.2) is 36.7 Å². The Morgan fingerprint density at radius 1 is 1.18 bits per heavy atom. The second kappa shape index (κ2) is 3.75. The molecule has 6 heteroatoms. The topological polar surface area (TPSA) is 91.0 Å². The van der Waals surface area contributed by atoms with Crippen LogP contribution in [0.2, 0.25) is 0 Å². The number of hydrogen-bond donors (Lipinski definition) is 2. The number of nitrogens with one attached hydrogen (secondary N) is 2. The lowest BCUT2D eigenvalue weighted by Crippen LogP contribution is -2.03. The van der Waals surface area contributed by atoms with Gasteiger partial charge in [0.2, 0.25) is 5.52 Å². The van der Waals surface area contributed by atoms with Crippen LogP contribution in [0, 0.1) is 0 Å². The molecule has 4 N–H and O–H groups in total. The van der Waals surface area contributed by atoms with E-state index in [0.29, 0.717) is 22.7 Å². The average molecular weight is 228 g/mol. The lowest BCUT2D eigenvalue weighted by Gasteiger charge is -2.00. The van der Waals surface area contributed by atoms with E-state index in [2.05, 4.69) is 19.9 Å². The molecule has 0 bridgehead atoms. The first-order chi connectivity index (χ1) is 8.33. The van der Waals surface area contributed by atoms with E-state index in [4.69, 9.17) is 10.5 Å². The van der Waals surface area contributed by atoms with E-state index in [1.54, 1.807) is 6.33 Å². The van der Waals surface area contributed by atoms with E-state index in [0.717, 1.165) is 0 Å². The van der Waals surface area contributed by atoms with E-state index < -0.39 is 0 Å². The lowest BCUT2D eigenvalue weighted by atomic mass is 10.3. The highest BCUT2D eigenvalue weighted by atomic mass is 16.5. The van der Waals surface area contributed by atoms with Gasteiger partial charge in [0.15, 0.2) is 12.1 Å². The highest BCUT2D eigenvalue weighted by molar-refractivity contribution is 5.78. The Bertz CT molecular complexity index is 649. The number of nitrogens with two attached hydrogens (primary N) is 1. The molecule has 17 heavy (non-hydrogen) atoms.